The highest BCUT2D eigenvalue weighted by Gasteiger charge is 2.25. The van der Waals surface area contributed by atoms with Crippen LogP contribution in [-0.2, 0) is 0 Å². The van der Waals surface area contributed by atoms with Crippen LogP contribution in [0.15, 0.2) is 36.4 Å². The molecule has 3 rings (SSSR count). The van der Waals surface area contributed by atoms with Crippen molar-refractivity contribution in [2.24, 2.45) is 0 Å². The second-order valence-electron chi connectivity index (χ2n) is 6.61. The fourth-order valence-electron chi connectivity index (χ4n) is 3.25. The topological polar surface area (TPSA) is 62.2 Å². The number of nitrogens with zero attached hydrogens (tertiary/aromatic N) is 2. The van der Waals surface area contributed by atoms with Gasteiger partial charge in [-0.3, -0.25) is 4.79 Å². The third-order valence-electron chi connectivity index (χ3n) is 4.72. The molecule has 0 atom stereocenters. The van der Waals surface area contributed by atoms with Gasteiger partial charge in [-0.15, -0.1) is 0 Å². The number of hydrogen-bond acceptors (Lipinski definition) is 5. The van der Waals surface area contributed by atoms with E-state index in [-0.39, 0.29) is 11.7 Å². The van der Waals surface area contributed by atoms with E-state index in [2.05, 4.69) is 4.90 Å². The molecule has 2 aromatic rings. The predicted octanol–water partition coefficient (Wildman–Crippen LogP) is 3.81. The van der Waals surface area contributed by atoms with Gasteiger partial charge in [0.1, 0.15) is 5.75 Å². The zero-order valence-corrected chi connectivity index (χ0v) is 16.9. The van der Waals surface area contributed by atoms with Crippen LogP contribution in [0.1, 0.15) is 23.7 Å². The SMILES string of the molecule is CCCOc1c(Cl)cc(C(=O)N2CCN(c3ccccc3O)CC2)cc1OC. The van der Waals surface area contributed by atoms with E-state index in [0.717, 1.165) is 12.1 Å². The Kier molecular flexibility index (Phi) is 6.52. The first kappa shape index (κ1) is 20.1. The monoisotopic (exact) mass is 404 g/mol. The van der Waals surface area contributed by atoms with Gasteiger partial charge >= 0.3 is 0 Å². The minimum atomic E-state index is -0.0980. The van der Waals surface area contributed by atoms with E-state index in [0.29, 0.717) is 54.9 Å². The molecule has 28 heavy (non-hydrogen) atoms. The van der Waals surface area contributed by atoms with Crippen LogP contribution >= 0.6 is 11.6 Å². The number of piperazine rings is 1. The Labute approximate surface area is 170 Å². The first-order valence-corrected chi connectivity index (χ1v) is 9.75. The summed E-state index contributed by atoms with van der Waals surface area (Å²) < 4.78 is 11.0. The Hall–Kier alpha value is -2.60. The number of para-hydroxylation sites is 2. The number of methoxy groups -OCH3 is 1. The number of phenols is 1. The number of aromatic hydroxyl groups is 1. The van der Waals surface area contributed by atoms with E-state index in [9.17, 15) is 9.90 Å². The lowest BCUT2D eigenvalue weighted by atomic mass is 10.1. The van der Waals surface area contributed by atoms with Crippen LogP contribution in [0.3, 0.4) is 0 Å². The van der Waals surface area contributed by atoms with E-state index < -0.39 is 0 Å². The number of carbonyl (C=O) groups is 1. The fraction of sp³-hybridized carbons (Fsp3) is 0.381. The minimum Gasteiger partial charge on any atom is -0.506 e. The third kappa shape index (κ3) is 4.28. The van der Waals surface area contributed by atoms with Crippen LogP contribution in [0.25, 0.3) is 0 Å². The number of ether oxygens (including phenoxy) is 2. The van der Waals surface area contributed by atoms with Crippen LogP contribution in [-0.4, -0.2) is 55.8 Å². The largest absolute Gasteiger partial charge is 0.506 e. The second-order valence-corrected chi connectivity index (χ2v) is 7.01. The van der Waals surface area contributed by atoms with Gasteiger partial charge in [0.15, 0.2) is 11.5 Å². The van der Waals surface area contributed by atoms with Crippen LogP contribution in [0.4, 0.5) is 5.69 Å². The van der Waals surface area contributed by atoms with Crippen molar-refractivity contribution in [1.29, 1.82) is 0 Å². The molecule has 0 spiro atoms. The van der Waals surface area contributed by atoms with Gasteiger partial charge in [-0.05, 0) is 30.7 Å². The minimum absolute atomic E-state index is 0.0980. The van der Waals surface area contributed by atoms with E-state index in [4.69, 9.17) is 21.1 Å². The van der Waals surface area contributed by atoms with Crippen molar-refractivity contribution < 1.29 is 19.4 Å². The van der Waals surface area contributed by atoms with Crippen LogP contribution < -0.4 is 14.4 Å². The molecule has 1 aliphatic heterocycles. The van der Waals surface area contributed by atoms with E-state index in [1.54, 1.807) is 29.2 Å². The number of amides is 1. The van der Waals surface area contributed by atoms with E-state index in [1.165, 1.54) is 7.11 Å². The number of anilines is 1. The summed E-state index contributed by atoms with van der Waals surface area (Å²) in [6, 6.07) is 10.5. The molecule has 0 radical (unpaired) electrons. The number of hydrogen-bond donors (Lipinski definition) is 1. The molecule has 1 aliphatic rings. The lowest BCUT2D eigenvalue weighted by Gasteiger charge is -2.36. The van der Waals surface area contributed by atoms with Crippen LogP contribution in [0, 0.1) is 0 Å². The van der Waals surface area contributed by atoms with Crippen molar-refractivity contribution in [3.8, 4) is 17.2 Å². The molecule has 1 fully saturated rings. The molecule has 6 nitrogen and oxygen atoms in total. The fourth-order valence-corrected chi connectivity index (χ4v) is 3.52. The van der Waals surface area contributed by atoms with Gasteiger partial charge < -0.3 is 24.4 Å². The van der Waals surface area contributed by atoms with Gasteiger partial charge in [0.25, 0.3) is 5.91 Å². The maximum absolute atomic E-state index is 13.0. The first-order valence-electron chi connectivity index (χ1n) is 9.37. The molecule has 0 aromatic heterocycles. The molecule has 0 saturated carbocycles. The highest BCUT2D eigenvalue weighted by Crippen LogP contribution is 2.37. The number of phenolic OH excluding ortho intramolecular Hbond substituents is 1. The Balaban J connectivity index is 1.71. The van der Waals surface area contributed by atoms with Crippen molar-refractivity contribution >= 4 is 23.2 Å². The van der Waals surface area contributed by atoms with Gasteiger partial charge in [-0.1, -0.05) is 30.7 Å². The molecule has 0 aliphatic carbocycles. The number of carbonyl (C=O) groups excluding carboxylic acids is 1. The van der Waals surface area contributed by atoms with E-state index >= 15 is 0 Å². The molecular weight excluding hydrogens is 380 g/mol. The quantitative estimate of drug-likeness (QED) is 0.793. The van der Waals surface area contributed by atoms with E-state index in [1.807, 2.05) is 19.1 Å². The highest BCUT2D eigenvalue weighted by atomic mass is 35.5. The predicted molar refractivity (Wildman–Crippen MR) is 110 cm³/mol. The van der Waals surface area contributed by atoms with Gasteiger partial charge in [0, 0.05) is 31.7 Å². The van der Waals surface area contributed by atoms with Gasteiger partial charge in [-0.2, -0.15) is 0 Å². The molecule has 2 aromatic carbocycles. The van der Waals surface area contributed by atoms with Gasteiger partial charge in [0.05, 0.1) is 24.4 Å². The van der Waals surface area contributed by atoms with Crippen molar-refractivity contribution in [2.45, 2.75) is 13.3 Å². The smallest absolute Gasteiger partial charge is 0.254 e. The molecule has 150 valence electrons. The lowest BCUT2D eigenvalue weighted by molar-refractivity contribution is 0.0746. The highest BCUT2D eigenvalue weighted by molar-refractivity contribution is 6.32. The number of halogens is 1. The molecule has 1 amide bonds. The summed E-state index contributed by atoms with van der Waals surface area (Å²) in [5, 5.41) is 10.4. The normalized spacial score (nSPS) is 14.1. The summed E-state index contributed by atoms with van der Waals surface area (Å²) in [6.45, 7) is 4.94. The molecule has 7 heteroatoms. The zero-order valence-electron chi connectivity index (χ0n) is 16.2. The number of rotatable bonds is 6. The molecule has 1 heterocycles. The zero-order chi connectivity index (χ0) is 20.1. The van der Waals surface area contributed by atoms with Crippen LogP contribution in [0.2, 0.25) is 5.02 Å². The molecule has 0 bridgehead atoms. The van der Waals surface area contributed by atoms with Crippen molar-refractivity contribution in [3.63, 3.8) is 0 Å². The lowest BCUT2D eigenvalue weighted by Crippen LogP contribution is -2.48. The second kappa shape index (κ2) is 9.06. The maximum atomic E-state index is 13.0. The standard InChI is InChI=1S/C21H25ClN2O4/c1-3-12-28-20-16(22)13-15(14-19(20)27-2)21(26)24-10-8-23(9-11-24)17-6-4-5-7-18(17)25/h4-7,13-14,25H,3,8-12H2,1-2H3. The molecule has 0 unspecified atom stereocenters. The number of benzene rings is 2. The Morgan fingerprint density at radius 2 is 1.89 bits per heavy atom. The third-order valence-corrected chi connectivity index (χ3v) is 5.00. The summed E-state index contributed by atoms with van der Waals surface area (Å²) >= 11 is 6.34. The molecular formula is C21H25ClN2O4. The summed E-state index contributed by atoms with van der Waals surface area (Å²) in [6.07, 6.45) is 0.849. The average Bonchev–Trinajstić information content (AvgIpc) is 2.72. The summed E-state index contributed by atoms with van der Waals surface area (Å²) in [4.78, 5) is 16.8. The first-order chi connectivity index (χ1) is 13.5. The van der Waals surface area contributed by atoms with Gasteiger partial charge in [-0.25, -0.2) is 0 Å². The van der Waals surface area contributed by atoms with Crippen molar-refractivity contribution in [1.82, 2.24) is 4.90 Å². The summed E-state index contributed by atoms with van der Waals surface area (Å²) in [7, 11) is 1.53. The average molecular weight is 405 g/mol. The van der Waals surface area contributed by atoms with Crippen LogP contribution in [0.5, 0.6) is 17.2 Å². The summed E-state index contributed by atoms with van der Waals surface area (Å²) in [5.41, 5.74) is 1.26. The van der Waals surface area contributed by atoms with Crippen molar-refractivity contribution in [2.75, 3.05) is 44.8 Å². The Morgan fingerprint density at radius 3 is 2.54 bits per heavy atom. The Morgan fingerprint density at radius 1 is 1.18 bits per heavy atom. The van der Waals surface area contributed by atoms with Gasteiger partial charge in [0.2, 0.25) is 0 Å². The van der Waals surface area contributed by atoms with Crippen molar-refractivity contribution in [3.05, 3.63) is 47.0 Å². The molecule has 1 N–H and O–H groups in total. The molecule has 1 saturated heterocycles. The maximum Gasteiger partial charge on any atom is 0.254 e. The summed E-state index contributed by atoms with van der Waals surface area (Å²) in [5.74, 6) is 1.07. The Bertz CT molecular complexity index is 835.